The summed E-state index contributed by atoms with van der Waals surface area (Å²) in [7, 11) is 0. The van der Waals surface area contributed by atoms with Crippen molar-refractivity contribution in [2.75, 3.05) is 0 Å². The van der Waals surface area contributed by atoms with Gasteiger partial charge in [0.2, 0.25) is 0 Å². The van der Waals surface area contributed by atoms with E-state index in [2.05, 4.69) is 4.98 Å². The van der Waals surface area contributed by atoms with Crippen molar-refractivity contribution < 1.29 is 13.6 Å². The number of carbonyl (C=O) groups is 1. The van der Waals surface area contributed by atoms with Gasteiger partial charge in [-0.15, -0.1) is 0 Å². The molecule has 0 saturated carbocycles. The average molecular weight is 219 g/mol. The van der Waals surface area contributed by atoms with Crippen LogP contribution in [0.25, 0.3) is 11.1 Å². The SMILES string of the molecule is O=Cc1ccncc1-c1ccc(F)cc1F. The second-order valence-electron chi connectivity index (χ2n) is 3.20. The van der Waals surface area contributed by atoms with Gasteiger partial charge in [-0.2, -0.15) is 0 Å². The Labute approximate surface area is 90.6 Å². The van der Waals surface area contributed by atoms with Crippen LogP contribution in [-0.4, -0.2) is 11.3 Å². The Morgan fingerprint density at radius 3 is 2.62 bits per heavy atom. The van der Waals surface area contributed by atoms with Crippen LogP contribution in [0.2, 0.25) is 0 Å². The zero-order valence-corrected chi connectivity index (χ0v) is 8.15. The normalized spacial score (nSPS) is 10.1. The highest BCUT2D eigenvalue weighted by Gasteiger charge is 2.10. The fourth-order valence-corrected chi connectivity index (χ4v) is 1.44. The molecule has 0 radical (unpaired) electrons. The summed E-state index contributed by atoms with van der Waals surface area (Å²) in [4.78, 5) is 14.6. The molecule has 4 heteroatoms. The number of pyridine rings is 1. The Morgan fingerprint density at radius 2 is 1.94 bits per heavy atom. The topological polar surface area (TPSA) is 30.0 Å². The number of halogens is 2. The predicted octanol–water partition coefficient (Wildman–Crippen LogP) is 2.84. The zero-order chi connectivity index (χ0) is 11.5. The quantitative estimate of drug-likeness (QED) is 0.727. The van der Waals surface area contributed by atoms with Crippen molar-refractivity contribution in [3.8, 4) is 11.1 Å². The molecule has 0 N–H and O–H groups in total. The van der Waals surface area contributed by atoms with Gasteiger partial charge in [0.25, 0.3) is 0 Å². The highest BCUT2D eigenvalue weighted by atomic mass is 19.1. The van der Waals surface area contributed by atoms with Gasteiger partial charge in [-0.25, -0.2) is 8.78 Å². The van der Waals surface area contributed by atoms with Gasteiger partial charge < -0.3 is 0 Å². The lowest BCUT2D eigenvalue weighted by Gasteiger charge is -2.05. The van der Waals surface area contributed by atoms with Crippen LogP contribution in [0, 0.1) is 11.6 Å². The van der Waals surface area contributed by atoms with E-state index < -0.39 is 11.6 Å². The molecule has 0 aliphatic rings. The van der Waals surface area contributed by atoms with Crippen LogP contribution in [0.4, 0.5) is 8.78 Å². The smallest absolute Gasteiger partial charge is 0.150 e. The third kappa shape index (κ3) is 1.82. The van der Waals surface area contributed by atoms with E-state index in [4.69, 9.17) is 0 Å². The molecule has 1 aromatic heterocycles. The number of rotatable bonds is 2. The zero-order valence-electron chi connectivity index (χ0n) is 8.15. The van der Waals surface area contributed by atoms with Crippen LogP contribution >= 0.6 is 0 Å². The van der Waals surface area contributed by atoms with Crippen LogP contribution in [0.5, 0.6) is 0 Å². The lowest BCUT2D eigenvalue weighted by atomic mass is 10.0. The van der Waals surface area contributed by atoms with E-state index >= 15 is 0 Å². The Kier molecular flexibility index (Phi) is 2.72. The van der Waals surface area contributed by atoms with E-state index in [-0.39, 0.29) is 5.56 Å². The average Bonchev–Trinajstić information content (AvgIpc) is 2.29. The van der Waals surface area contributed by atoms with E-state index in [1.165, 1.54) is 24.5 Å². The molecule has 2 aromatic rings. The Hall–Kier alpha value is -2.10. The molecule has 2 nitrogen and oxygen atoms in total. The summed E-state index contributed by atoms with van der Waals surface area (Å²) >= 11 is 0. The molecule has 80 valence electrons. The number of aromatic nitrogens is 1. The monoisotopic (exact) mass is 219 g/mol. The molecule has 0 saturated heterocycles. The standard InChI is InChI=1S/C12H7F2NO/c13-9-1-2-10(12(14)5-9)11-6-15-4-3-8(11)7-16/h1-7H. The van der Waals surface area contributed by atoms with Crippen LogP contribution in [0.3, 0.4) is 0 Å². The van der Waals surface area contributed by atoms with Crippen molar-refractivity contribution >= 4 is 6.29 Å². The fourth-order valence-electron chi connectivity index (χ4n) is 1.44. The summed E-state index contributed by atoms with van der Waals surface area (Å²) in [5.41, 5.74) is 0.840. The summed E-state index contributed by atoms with van der Waals surface area (Å²) in [5, 5.41) is 0. The van der Waals surface area contributed by atoms with Crippen LogP contribution in [0.1, 0.15) is 10.4 Å². The molecule has 0 amide bonds. The van der Waals surface area contributed by atoms with E-state index in [1.807, 2.05) is 0 Å². The summed E-state index contributed by atoms with van der Waals surface area (Å²) in [6.45, 7) is 0. The van der Waals surface area contributed by atoms with Gasteiger partial charge in [0.15, 0.2) is 6.29 Å². The molecule has 0 aliphatic carbocycles. The highest BCUT2D eigenvalue weighted by Crippen LogP contribution is 2.25. The summed E-state index contributed by atoms with van der Waals surface area (Å²) in [6, 6.07) is 4.68. The number of benzene rings is 1. The third-order valence-corrected chi connectivity index (χ3v) is 2.20. The maximum absolute atomic E-state index is 13.5. The molecule has 0 atom stereocenters. The Balaban J connectivity index is 2.62. The number of carbonyl (C=O) groups excluding carboxylic acids is 1. The lowest BCUT2D eigenvalue weighted by molar-refractivity contribution is 0.112. The largest absolute Gasteiger partial charge is 0.298 e. The van der Waals surface area contributed by atoms with Crippen LogP contribution in [0.15, 0.2) is 36.7 Å². The third-order valence-electron chi connectivity index (χ3n) is 2.20. The van der Waals surface area contributed by atoms with Crippen LogP contribution in [-0.2, 0) is 0 Å². The molecule has 1 aromatic carbocycles. The first kappa shape index (κ1) is 10.4. The molecular formula is C12H7F2NO. The van der Waals surface area contributed by atoms with E-state index in [1.54, 1.807) is 0 Å². The molecular weight excluding hydrogens is 212 g/mol. The van der Waals surface area contributed by atoms with Crippen molar-refractivity contribution in [1.29, 1.82) is 0 Å². The van der Waals surface area contributed by atoms with Crippen molar-refractivity contribution in [3.63, 3.8) is 0 Å². The second-order valence-corrected chi connectivity index (χ2v) is 3.20. The first-order chi connectivity index (χ1) is 7.72. The maximum Gasteiger partial charge on any atom is 0.150 e. The summed E-state index contributed by atoms with van der Waals surface area (Å²) < 4.78 is 26.2. The Bertz CT molecular complexity index is 540. The number of nitrogens with zero attached hydrogens (tertiary/aromatic N) is 1. The lowest BCUT2D eigenvalue weighted by Crippen LogP contribution is -1.92. The highest BCUT2D eigenvalue weighted by molar-refractivity contribution is 5.87. The molecule has 1 heterocycles. The van der Waals surface area contributed by atoms with Crippen LogP contribution < -0.4 is 0 Å². The van der Waals surface area contributed by atoms with Gasteiger partial charge in [0, 0.05) is 35.2 Å². The molecule has 0 bridgehead atoms. The minimum absolute atomic E-state index is 0.164. The summed E-state index contributed by atoms with van der Waals surface area (Å²) in [5.74, 6) is -1.37. The second kappa shape index (κ2) is 4.18. The van der Waals surface area contributed by atoms with Gasteiger partial charge >= 0.3 is 0 Å². The van der Waals surface area contributed by atoms with Crippen molar-refractivity contribution in [2.45, 2.75) is 0 Å². The van der Waals surface area contributed by atoms with Gasteiger partial charge in [-0.05, 0) is 18.2 Å². The number of aldehydes is 1. The van der Waals surface area contributed by atoms with Crippen molar-refractivity contribution in [3.05, 3.63) is 53.9 Å². The number of hydrogen-bond acceptors (Lipinski definition) is 2. The minimum atomic E-state index is -0.712. The maximum atomic E-state index is 13.5. The first-order valence-electron chi connectivity index (χ1n) is 4.57. The van der Waals surface area contributed by atoms with E-state index in [0.29, 0.717) is 17.4 Å². The summed E-state index contributed by atoms with van der Waals surface area (Å²) in [6.07, 6.45) is 3.43. The molecule has 0 spiro atoms. The molecule has 0 aliphatic heterocycles. The minimum Gasteiger partial charge on any atom is -0.298 e. The van der Waals surface area contributed by atoms with Crippen molar-refractivity contribution in [2.24, 2.45) is 0 Å². The van der Waals surface area contributed by atoms with E-state index in [9.17, 15) is 13.6 Å². The molecule has 0 fully saturated rings. The molecule has 2 rings (SSSR count). The van der Waals surface area contributed by atoms with Gasteiger partial charge in [0.05, 0.1) is 0 Å². The van der Waals surface area contributed by atoms with Gasteiger partial charge in [0.1, 0.15) is 11.6 Å². The molecule has 16 heavy (non-hydrogen) atoms. The van der Waals surface area contributed by atoms with Gasteiger partial charge in [-0.1, -0.05) is 0 Å². The Morgan fingerprint density at radius 1 is 1.12 bits per heavy atom. The van der Waals surface area contributed by atoms with Crippen molar-refractivity contribution in [1.82, 2.24) is 4.98 Å². The molecule has 0 unspecified atom stereocenters. The number of hydrogen-bond donors (Lipinski definition) is 0. The predicted molar refractivity (Wildman–Crippen MR) is 55.0 cm³/mol. The first-order valence-corrected chi connectivity index (χ1v) is 4.57. The van der Waals surface area contributed by atoms with E-state index in [0.717, 1.165) is 12.1 Å². The fraction of sp³-hybridized carbons (Fsp3) is 0. The van der Waals surface area contributed by atoms with Gasteiger partial charge in [-0.3, -0.25) is 9.78 Å².